The summed E-state index contributed by atoms with van der Waals surface area (Å²) in [5.41, 5.74) is 18.1. The zero-order chi connectivity index (χ0) is 37.5. The third-order valence-electron chi connectivity index (χ3n) is 12.5. The lowest BCUT2D eigenvalue weighted by Crippen LogP contribution is -2.28. The molecule has 270 valence electrons. The van der Waals surface area contributed by atoms with Gasteiger partial charge < -0.3 is 0 Å². The smallest absolute Gasteiger partial charge is 0.160 e. The van der Waals surface area contributed by atoms with Crippen LogP contribution in [0.15, 0.2) is 158 Å². The van der Waals surface area contributed by atoms with E-state index in [2.05, 4.69) is 140 Å². The van der Waals surface area contributed by atoms with Crippen molar-refractivity contribution in [2.24, 2.45) is 0 Å². The number of nitrogens with zero attached hydrogens (tertiary/aromatic N) is 3. The van der Waals surface area contributed by atoms with Crippen molar-refractivity contribution in [2.45, 2.75) is 62.7 Å². The van der Waals surface area contributed by atoms with Crippen LogP contribution in [0.3, 0.4) is 0 Å². The molecule has 1 saturated carbocycles. The molecule has 1 fully saturated rings. The van der Waals surface area contributed by atoms with E-state index in [1.165, 1.54) is 74.9 Å². The van der Waals surface area contributed by atoms with Gasteiger partial charge in [-0.3, -0.25) is 0 Å². The van der Waals surface area contributed by atoms with Crippen LogP contribution in [0, 0.1) is 11.3 Å². The molecule has 1 heterocycles. The molecular weight excluding hydrogens is 679 g/mol. The Morgan fingerprint density at radius 1 is 0.643 bits per heavy atom. The number of rotatable bonds is 6. The molecule has 1 spiro atoms. The van der Waals surface area contributed by atoms with Gasteiger partial charge in [0.1, 0.15) is 0 Å². The zero-order valence-electron chi connectivity index (χ0n) is 31.6. The van der Waals surface area contributed by atoms with Crippen molar-refractivity contribution in [2.75, 3.05) is 0 Å². The predicted molar refractivity (Wildman–Crippen MR) is 230 cm³/mol. The highest BCUT2D eigenvalue weighted by molar-refractivity contribution is 5.96. The summed E-state index contributed by atoms with van der Waals surface area (Å²) in [6.07, 6.45) is 22.6. The van der Waals surface area contributed by atoms with Crippen molar-refractivity contribution in [3.8, 4) is 51.0 Å². The van der Waals surface area contributed by atoms with E-state index >= 15 is 0 Å². The van der Waals surface area contributed by atoms with Gasteiger partial charge in [-0.2, -0.15) is 5.26 Å². The van der Waals surface area contributed by atoms with E-state index in [4.69, 9.17) is 9.97 Å². The Bertz CT molecular complexity index is 2640. The summed E-state index contributed by atoms with van der Waals surface area (Å²) >= 11 is 0. The second kappa shape index (κ2) is 14.4. The first-order chi connectivity index (χ1) is 27.7. The molecule has 56 heavy (non-hydrogen) atoms. The number of fused-ring (bicyclic) bond motifs is 5. The second-order valence-corrected chi connectivity index (χ2v) is 15.8. The maximum atomic E-state index is 9.83. The molecule has 0 radical (unpaired) electrons. The van der Waals surface area contributed by atoms with E-state index in [1.54, 1.807) is 0 Å². The predicted octanol–water partition coefficient (Wildman–Crippen LogP) is 13.4. The van der Waals surface area contributed by atoms with Crippen LogP contribution in [-0.4, -0.2) is 9.97 Å². The van der Waals surface area contributed by atoms with Gasteiger partial charge in [0.15, 0.2) is 5.82 Å². The third kappa shape index (κ3) is 6.07. The Morgan fingerprint density at radius 2 is 1.45 bits per heavy atom. The van der Waals surface area contributed by atoms with E-state index in [1.807, 2.05) is 24.3 Å². The summed E-state index contributed by atoms with van der Waals surface area (Å²) in [7, 11) is 0. The number of aromatic nitrogens is 2. The molecule has 4 aliphatic carbocycles. The van der Waals surface area contributed by atoms with E-state index in [-0.39, 0.29) is 11.3 Å². The Kier molecular flexibility index (Phi) is 8.76. The van der Waals surface area contributed by atoms with Crippen LogP contribution >= 0.6 is 0 Å². The van der Waals surface area contributed by atoms with Crippen LogP contribution in [0.1, 0.15) is 90.8 Å². The highest BCUT2D eigenvalue weighted by Gasteiger charge is 2.44. The first-order valence-electron chi connectivity index (χ1n) is 20.3. The maximum absolute atomic E-state index is 9.83. The van der Waals surface area contributed by atoms with Crippen molar-refractivity contribution >= 4 is 11.1 Å². The molecule has 0 bridgehead atoms. The normalized spacial score (nSPS) is 17.8. The summed E-state index contributed by atoms with van der Waals surface area (Å²) in [5.74, 6) is 0.991. The molecule has 0 N–H and O–H groups in total. The summed E-state index contributed by atoms with van der Waals surface area (Å²) in [6.45, 7) is 0. The van der Waals surface area contributed by atoms with E-state index in [0.29, 0.717) is 0 Å². The fourth-order valence-corrected chi connectivity index (χ4v) is 9.72. The zero-order valence-corrected chi connectivity index (χ0v) is 31.6. The van der Waals surface area contributed by atoms with Crippen molar-refractivity contribution in [1.29, 1.82) is 5.26 Å². The minimum Gasteiger partial charge on any atom is -0.232 e. The summed E-state index contributed by atoms with van der Waals surface area (Å²) in [5, 5.41) is 9.83. The van der Waals surface area contributed by atoms with E-state index < -0.39 is 0 Å². The van der Waals surface area contributed by atoms with Crippen LogP contribution in [0.4, 0.5) is 0 Å². The van der Waals surface area contributed by atoms with Gasteiger partial charge in [0.2, 0.25) is 0 Å². The number of hydrogen-bond acceptors (Lipinski definition) is 3. The fourth-order valence-electron chi connectivity index (χ4n) is 9.72. The molecule has 0 saturated heterocycles. The number of nitriles is 1. The Hall–Kier alpha value is -6.37. The van der Waals surface area contributed by atoms with Gasteiger partial charge in [0.25, 0.3) is 0 Å². The largest absolute Gasteiger partial charge is 0.232 e. The monoisotopic (exact) mass is 721 g/mol. The number of benzene rings is 5. The van der Waals surface area contributed by atoms with Gasteiger partial charge in [0, 0.05) is 22.5 Å². The molecular formula is C53H43N3. The number of allylic oxidation sites excluding steroid dienone is 8. The van der Waals surface area contributed by atoms with Crippen LogP contribution in [0.5, 0.6) is 0 Å². The molecule has 1 atom stereocenters. The Morgan fingerprint density at radius 3 is 2.27 bits per heavy atom. The minimum absolute atomic E-state index is 0.0188. The molecule has 1 aromatic heterocycles. The highest BCUT2D eigenvalue weighted by Crippen LogP contribution is 2.57. The van der Waals surface area contributed by atoms with Crippen molar-refractivity contribution in [1.82, 2.24) is 9.97 Å². The average molecular weight is 722 g/mol. The number of hydrogen-bond donors (Lipinski definition) is 0. The van der Waals surface area contributed by atoms with Crippen LogP contribution in [0.25, 0.3) is 56.0 Å². The molecule has 0 amide bonds. The Balaban J connectivity index is 0.962. The van der Waals surface area contributed by atoms with Crippen molar-refractivity contribution in [3.63, 3.8) is 0 Å². The lowest BCUT2D eigenvalue weighted by Gasteiger charge is -2.36. The first kappa shape index (κ1) is 34.1. The quantitative estimate of drug-likeness (QED) is 0.172. The lowest BCUT2D eigenvalue weighted by atomic mass is 9.67. The molecule has 0 aliphatic heterocycles. The van der Waals surface area contributed by atoms with Gasteiger partial charge >= 0.3 is 0 Å². The van der Waals surface area contributed by atoms with Crippen LogP contribution in [0.2, 0.25) is 0 Å². The van der Waals surface area contributed by atoms with Gasteiger partial charge in [-0.25, -0.2) is 9.97 Å². The molecule has 1 unspecified atom stereocenters. The van der Waals surface area contributed by atoms with E-state index in [0.717, 1.165) is 66.0 Å². The molecule has 6 aromatic rings. The SMILES string of the molecule is N#Cc1ccc2c(c1)C1(CCCCC1)c1cccc(C3=CCCC(c4ccc(-c5cccc(-c6cc(C7C=CC=CC7)nc(-c7ccccc7)n6)c5)cc4)=C3)c1-2. The van der Waals surface area contributed by atoms with Gasteiger partial charge in [-0.1, -0.05) is 153 Å². The van der Waals surface area contributed by atoms with Gasteiger partial charge in [0.05, 0.1) is 23.0 Å². The third-order valence-corrected chi connectivity index (χ3v) is 12.5. The summed E-state index contributed by atoms with van der Waals surface area (Å²) in [6, 6.07) is 46.1. The maximum Gasteiger partial charge on any atom is 0.160 e. The molecule has 3 nitrogen and oxygen atoms in total. The second-order valence-electron chi connectivity index (χ2n) is 15.8. The minimum atomic E-state index is 0.0188. The molecule has 5 aromatic carbocycles. The summed E-state index contributed by atoms with van der Waals surface area (Å²) in [4.78, 5) is 10.1. The molecule has 3 heteroatoms. The van der Waals surface area contributed by atoms with Gasteiger partial charge in [-0.05, 0) is 112 Å². The van der Waals surface area contributed by atoms with Crippen molar-refractivity contribution in [3.05, 3.63) is 191 Å². The first-order valence-corrected chi connectivity index (χ1v) is 20.3. The van der Waals surface area contributed by atoms with Crippen molar-refractivity contribution < 1.29 is 0 Å². The molecule has 10 rings (SSSR count). The van der Waals surface area contributed by atoms with E-state index in [9.17, 15) is 5.26 Å². The van der Waals surface area contributed by atoms with Crippen LogP contribution in [-0.2, 0) is 5.41 Å². The van der Waals surface area contributed by atoms with Crippen LogP contribution < -0.4 is 0 Å². The topological polar surface area (TPSA) is 49.6 Å². The van der Waals surface area contributed by atoms with Gasteiger partial charge in [-0.15, -0.1) is 0 Å². The molecule has 4 aliphatic rings. The summed E-state index contributed by atoms with van der Waals surface area (Å²) < 4.78 is 0. The fraction of sp³-hybridized carbons (Fsp3) is 0.189. The Labute approximate surface area is 330 Å². The standard InChI is InChI=1S/C53H43N3/c54-35-36-23-28-46-48(31-36)53(29-8-3-9-30-53)47-22-12-21-45(51(46)47)43-19-10-17-41(32-43)37-24-26-38(27-25-37)42-18-11-20-44(33-42)50-34-49(39-13-4-1-5-14-39)55-52(56-50)40-15-6-2-7-16-40/h1-2,4-7,11-13,15-16,18-28,31-34,39H,3,8-10,14,17,29-30H2. The average Bonchev–Trinajstić information content (AvgIpc) is 3.55. The highest BCUT2D eigenvalue weighted by atomic mass is 14.9. The lowest BCUT2D eigenvalue weighted by molar-refractivity contribution is 0.353.